The van der Waals surface area contributed by atoms with Gasteiger partial charge in [0.25, 0.3) is 0 Å². The van der Waals surface area contributed by atoms with Crippen LogP contribution in [0, 0.1) is 0 Å². The van der Waals surface area contributed by atoms with Crippen LogP contribution < -0.4 is 4.90 Å². The fraction of sp³-hybridized carbons (Fsp3) is 0.364. The van der Waals surface area contributed by atoms with Gasteiger partial charge in [0.1, 0.15) is 6.10 Å². The smallest absolute Gasteiger partial charge is 0.414 e. The van der Waals surface area contributed by atoms with Gasteiger partial charge < -0.3 is 9.84 Å². The lowest BCUT2D eigenvalue weighted by molar-refractivity contribution is 0.0963. The molecule has 1 aliphatic rings. The number of halogens is 2. The van der Waals surface area contributed by atoms with Gasteiger partial charge in [0.05, 0.1) is 18.0 Å². The molecule has 1 amide bonds. The van der Waals surface area contributed by atoms with Gasteiger partial charge in [-0.1, -0.05) is 0 Å². The van der Waals surface area contributed by atoms with E-state index in [2.05, 4.69) is 0 Å². The van der Waals surface area contributed by atoms with Crippen LogP contribution in [-0.2, 0) is 14.6 Å². The molecule has 0 saturated carbocycles. The first-order valence-corrected chi connectivity index (χ1v) is 7.12. The Labute approximate surface area is 113 Å². The van der Waals surface area contributed by atoms with Crippen LogP contribution in [0.2, 0.25) is 0 Å². The number of rotatable bonds is 4. The van der Waals surface area contributed by atoms with E-state index < -0.39 is 32.7 Å². The fourth-order valence-electron chi connectivity index (χ4n) is 1.75. The molecule has 0 radical (unpaired) electrons. The van der Waals surface area contributed by atoms with Crippen LogP contribution in [0.25, 0.3) is 0 Å². The number of ether oxygens (including phenoxy) is 1. The second-order valence-electron chi connectivity index (χ2n) is 4.10. The summed E-state index contributed by atoms with van der Waals surface area (Å²) < 4.78 is 52.0. The molecule has 1 saturated heterocycles. The van der Waals surface area contributed by atoms with Gasteiger partial charge in [-0.2, -0.15) is 8.78 Å². The Hall–Kier alpha value is -1.74. The Kier molecular flexibility index (Phi) is 3.91. The molecule has 1 heterocycles. The molecular weight excluding hydrogens is 296 g/mol. The molecule has 1 atom stereocenters. The van der Waals surface area contributed by atoms with E-state index in [1.807, 2.05) is 0 Å². The summed E-state index contributed by atoms with van der Waals surface area (Å²) in [6.45, 7) is -0.226. The number of sulfone groups is 1. The molecule has 6 nitrogen and oxygen atoms in total. The first-order valence-electron chi connectivity index (χ1n) is 5.57. The Morgan fingerprint density at radius 2 is 1.95 bits per heavy atom. The number of anilines is 1. The molecule has 1 aromatic carbocycles. The van der Waals surface area contributed by atoms with Crippen LogP contribution in [0.15, 0.2) is 29.2 Å². The molecule has 1 unspecified atom stereocenters. The molecule has 0 aliphatic carbocycles. The van der Waals surface area contributed by atoms with E-state index in [1.165, 1.54) is 17.0 Å². The van der Waals surface area contributed by atoms with Crippen molar-refractivity contribution in [1.82, 2.24) is 0 Å². The van der Waals surface area contributed by atoms with Gasteiger partial charge in [-0.15, -0.1) is 0 Å². The lowest BCUT2D eigenvalue weighted by atomic mass is 10.3. The SMILES string of the molecule is O=C1OC(CO)CN1c1ccc(S(=O)(=O)C(F)F)cc1. The van der Waals surface area contributed by atoms with Crippen LogP contribution >= 0.6 is 0 Å². The van der Waals surface area contributed by atoms with Crippen molar-refractivity contribution in [3.63, 3.8) is 0 Å². The number of aliphatic hydroxyl groups excluding tert-OH is 1. The van der Waals surface area contributed by atoms with E-state index in [0.29, 0.717) is 5.69 Å². The molecule has 1 fully saturated rings. The maximum atomic E-state index is 12.4. The van der Waals surface area contributed by atoms with Crippen LogP contribution in [0.5, 0.6) is 0 Å². The monoisotopic (exact) mass is 307 g/mol. The summed E-state index contributed by atoms with van der Waals surface area (Å²) in [6.07, 6.45) is -1.35. The molecule has 0 bridgehead atoms. The minimum atomic E-state index is -4.65. The summed E-state index contributed by atoms with van der Waals surface area (Å²) in [5.41, 5.74) is 0.305. The Bertz CT molecular complexity index is 602. The van der Waals surface area contributed by atoms with E-state index in [4.69, 9.17) is 9.84 Å². The summed E-state index contributed by atoms with van der Waals surface area (Å²) in [5.74, 6) is -3.50. The van der Waals surface area contributed by atoms with Gasteiger partial charge in [0, 0.05) is 5.69 Å². The largest absolute Gasteiger partial charge is 0.441 e. The number of nitrogens with zero attached hydrogens (tertiary/aromatic N) is 1. The molecule has 0 spiro atoms. The van der Waals surface area contributed by atoms with Crippen molar-refractivity contribution in [2.75, 3.05) is 18.1 Å². The number of hydrogen-bond donors (Lipinski definition) is 1. The number of carbonyl (C=O) groups excluding carboxylic acids is 1. The predicted molar refractivity (Wildman–Crippen MR) is 64.3 cm³/mol. The number of hydrogen-bond acceptors (Lipinski definition) is 5. The van der Waals surface area contributed by atoms with Crippen LogP contribution in [-0.4, -0.2) is 44.6 Å². The maximum Gasteiger partial charge on any atom is 0.414 e. The zero-order chi connectivity index (χ0) is 14.9. The van der Waals surface area contributed by atoms with Gasteiger partial charge in [-0.25, -0.2) is 13.2 Å². The highest BCUT2D eigenvalue weighted by Crippen LogP contribution is 2.25. The highest BCUT2D eigenvalue weighted by molar-refractivity contribution is 7.91. The number of carbonyl (C=O) groups is 1. The second-order valence-corrected chi connectivity index (χ2v) is 6.02. The molecule has 9 heteroatoms. The van der Waals surface area contributed by atoms with E-state index in [1.54, 1.807) is 0 Å². The minimum Gasteiger partial charge on any atom is -0.441 e. The van der Waals surface area contributed by atoms with Crippen LogP contribution in [0.1, 0.15) is 0 Å². The summed E-state index contributed by atoms with van der Waals surface area (Å²) in [7, 11) is -4.65. The number of benzene rings is 1. The van der Waals surface area contributed by atoms with Crippen molar-refractivity contribution in [3.05, 3.63) is 24.3 Å². The van der Waals surface area contributed by atoms with Gasteiger partial charge in [-0.3, -0.25) is 4.90 Å². The van der Waals surface area contributed by atoms with Crippen molar-refractivity contribution in [2.45, 2.75) is 16.8 Å². The minimum absolute atomic E-state index is 0.107. The topological polar surface area (TPSA) is 83.9 Å². The highest BCUT2D eigenvalue weighted by atomic mass is 32.2. The number of amides is 1. The summed E-state index contributed by atoms with van der Waals surface area (Å²) >= 11 is 0. The lowest BCUT2D eigenvalue weighted by Crippen LogP contribution is -2.25. The van der Waals surface area contributed by atoms with Crippen molar-refractivity contribution in [2.24, 2.45) is 0 Å². The third kappa shape index (κ3) is 2.59. The molecule has 1 aromatic rings. The quantitative estimate of drug-likeness (QED) is 0.897. The molecule has 0 aromatic heterocycles. The van der Waals surface area contributed by atoms with E-state index in [-0.39, 0.29) is 13.2 Å². The Morgan fingerprint density at radius 3 is 2.40 bits per heavy atom. The molecular formula is C11H11F2NO5S. The summed E-state index contributed by atoms with van der Waals surface area (Å²) in [6, 6.07) is 4.46. The number of aliphatic hydroxyl groups is 1. The van der Waals surface area contributed by atoms with Crippen molar-refractivity contribution >= 4 is 21.6 Å². The zero-order valence-corrected chi connectivity index (χ0v) is 10.9. The van der Waals surface area contributed by atoms with Crippen molar-refractivity contribution in [3.8, 4) is 0 Å². The molecule has 2 rings (SSSR count). The lowest BCUT2D eigenvalue weighted by Gasteiger charge is -2.13. The predicted octanol–water partition coefficient (Wildman–Crippen LogP) is 1.00. The molecule has 1 aliphatic heterocycles. The molecule has 1 N–H and O–H groups in total. The fourth-order valence-corrected chi connectivity index (χ4v) is 2.47. The summed E-state index contributed by atoms with van der Waals surface area (Å²) in [5, 5.41) is 8.89. The Morgan fingerprint density at radius 1 is 1.35 bits per heavy atom. The van der Waals surface area contributed by atoms with Crippen LogP contribution in [0.3, 0.4) is 0 Å². The summed E-state index contributed by atoms with van der Waals surface area (Å²) in [4.78, 5) is 12.1. The molecule has 20 heavy (non-hydrogen) atoms. The van der Waals surface area contributed by atoms with Crippen LogP contribution in [0.4, 0.5) is 19.3 Å². The van der Waals surface area contributed by atoms with Gasteiger partial charge in [0.15, 0.2) is 0 Å². The Balaban J connectivity index is 2.24. The van der Waals surface area contributed by atoms with E-state index in [0.717, 1.165) is 12.1 Å². The number of cyclic esters (lactones) is 1. The third-order valence-corrected chi connectivity index (χ3v) is 4.19. The molecule has 110 valence electrons. The van der Waals surface area contributed by atoms with Gasteiger partial charge >= 0.3 is 11.9 Å². The van der Waals surface area contributed by atoms with E-state index in [9.17, 15) is 22.0 Å². The highest BCUT2D eigenvalue weighted by Gasteiger charge is 2.32. The van der Waals surface area contributed by atoms with Crippen molar-refractivity contribution in [1.29, 1.82) is 0 Å². The zero-order valence-electron chi connectivity index (χ0n) is 10.1. The maximum absolute atomic E-state index is 12.4. The van der Waals surface area contributed by atoms with Gasteiger partial charge in [-0.05, 0) is 24.3 Å². The second kappa shape index (κ2) is 5.33. The normalized spacial score (nSPS) is 19.5. The first kappa shape index (κ1) is 14.7. The number of alkyl halides is 2. The average molecular weight is 307 g/mol. The average Bonchev–Trinajstić information content (AvgIpc) is 2.80. The standard InChI is InChI=1S/C11H11F2NO5S/c12-10(13)20(17,18)9-3-1-7(2-4-9)14-5-8(6-15)19-11(14)16/h1-4,8,10,15H,5-6H2. The van der Waals surface area contributed by atoms with E-state index >= 15 is 0 Å². The van der Waals surface area contributed by atoms with Gasteiger partial charge in [0.2, 0.25) is 9.84 Å². The third-order valence-electron chi connectivity index (χ3n) is 2.79. The first-order chi connectivity index (χ1) is 9.36. The van der Waals surface area contributed by atoms with Crippen molar-refractivity contribution < 1.29 is 31.8 Å².